The molecule has 0 amide bonds. The van der Waals surface area contributed by atoms with Crippen molar-refractivity contribution in [2.75, 3.05) is 18.1 Å². The summed E-state index contributed by atoms with van der Waals surface area (Å²) in [6.45, 7) is 2.33. The summed E-state index contributed by atoms with van der Waals surface area (Å²) >= 11 is 0. The monoisotopic (exact) mass is 431 g/mol. The minimum Gasteiger partial charge on any atom is -0.462 e. The van der Waals surface area contributed by atoms with E-state index in [4.69, 9.17) is 9.72 Å². The van der Waals surface area contributed by atoms with Crippen LogP contribution in [0.25, 0.3) is 11.0 Å². The molecular formula is C22H29N3O4S. The van der Waals surface area contributed by atoms with E-state index in [1.54, 1.807) is 4.68 Å². The molecule has 1 atom stereocenters. The minimum atomic E-state index is -3.04. The first-order chi connectivity index (χ1) is 14.4. The molecule has 7 nitrogen and oxygen atoms in total. The number of aryl methyl sites for hydroxylation is 1. The molecule has 8 heteroatoms. The van der Waals surface area contributed by atoms with Crippen molar-refractivity contribution in [3.63, 3.8) is 0 Å². The first kappa shape index (κ1) is 20.0. The molecule has 0 radical (unpaired) electrons. The number of pyridine rings is 1. The molecule has 3 heterocycles. The van der Waals surface area contributed by atoms with Gasteiger partial charge in [-0.25, -0.2) is 22.9 Å². The Balaban J connectivity index is 1.50. The van der Waals surface area contributed by atoms with Crippen molar-refractivity contribution in [3.8, 4) is 0 Å². The van der Waals surface area contributed by atoms with Crippen LogP contribution in [0.3, 0.4) is 0 Å². The number of fused-ring (bicyclic) bond motifs is 1. The largest absolute Gasteiger partial charge is 0.462 e. The third kappa shape index (κ3) is 3.86. The van der Waals surface area contributed by atoms with E-state index in [1.165, 1.54) is 19.3 Å². The van der Waals surface area contributed by atoms with Gasteiger partial charge in [-0.3, -0.25) is 0 Å². The molecule has 5 rings (SSSR count). The molecule has 1 saturated heterocycles. The standard InChI is InChI=1S/C22H29N3O4S/c1-14-20-18(22(26)29-12-15-5-3-2-4-6-15)11-19(16-7-8-16)23-21(20)25(24-14)17-9-10-30(27,28)13-17/h11,15-17H,2-10,12-13H2,1H3. The Hall–Kier alpha value is -1.96. The zero-order chi connectivity index (χ0) is 20.9. The van der Waals surface area contributed by atoms with E-state index in [1.807, 2.05) is 13.0 Å². The summed E-state index contributed by atoms with van der Waals surface area (Å²) in [5.74, 6) is 0.777. The van der Waals surface area contributed by atoms with Gasteiger partial charge in [0.05, 0.1) is 40.8 Å². The third-order valence-corrected chi connectivity index (χ3v) is 8.55. The van der Waals surface area contributed by atoms with Crippen molar-refractivity contribution in [3.05, 3.63) is 23.0 Å². The van der Waals surface area contributed by atoms with Crippen LogP contribution in [0.4, 0.5) is 0 Å². The highest BCUT2D eigenvalue weighted by molar-refractivity contribution is 7.91. The first-order valence-electron chi connectivity index (χ1n) is 11.2. The molecule has 3 fully saturated rings. The van der Waals surface area contributed by atoms with Crippen molar-refractivity contribution in [2.24, 2.45) is 5.92 Å². The molecule has 1 unspecified atom stereocenters. The van der Waals surface area contributed by atoms with E-state index in [0.29, 0.717) is 47.2 Å². The summed E-state index contributed by atoms with van der Waals surface area (Å²) in [4.78, 5) is 17.9. The molecule has 1 aliphatic heterocycles. The van der Waals surface area contributed by atoms with Gasteiger partial charge in [0.25, 0.3) is 0 Å². The Morgan fingerprint density at radius 1 is 1.17 bits per heavy atom. The predicted octanol–water partition coefficient (Wildman–Crippen LogP) is 3.71. The second-order valence-corrected chi connectivity index (χ2v) is 11.5. The molecule has 0 bridgehead atoms. The van der Waals surface area contributed by atoms with Gasteiger partial charge in [0, 0.05) is 11.6 Å². The van der Waals surface area contributed by atoms with E-state index >= 15 is 0 Å². The SMILES string of the molecule is Cc1nn(C2CCS(=O)(=O)C2)c2nc(C3CC3)cc(C(=O)OCC3CCCCC3)c12. The van der Waals surface area contributed by atoms with Gasteiger partial charge in [-0.15, -0.1) is 0 Å². The zero-order valence-electron chi connectivity index (χ0n) is 17.5. The topological polar surface area (TPSA) is 91.1 Å². The molecule has 0 N–H and O–H groups in total. The fourth-order valence-corrected chi connectivity index (χ4v) is 6.62. The van der Waals surface area contributed by atoms with E-state index in [-0.39, 0.29) is 23.5 Å². The van der Waals surface area contributed by atoms with Gasteiger partial charge < -0.3 is 4.74 Å². The summed E-state index contributed by atoms with van der Waals surface area (Å²) in [6.07, 6.45) is 8.62. The summed E-state index contributed by atoms with van der Waals surface area (Å²) < 4.78 is 31.5. The normalized spacial score (nSPS) is 24.4. The summed E-state index contributed by atoms with van der Waals surface area (Å²) in [7, 11) is -3.04. The minimum absolute atomic E-state index is 0.0833. The van der Waals surface area contributed by atoms with Crippen LogP contribution in [0, 0.1) is 12.8 Å². The molecule has 30 heavy (non-hydrogen) atoms. The van der Waals surface area contributed by atoms with Crippen molar-refractivity contribution in [1.29, 1.82) is 0 Å². The second-order valence-electron chi connectivity index (χ2n) is 9.26. The highest BCUT2D eigenvalue weighted by atomic mass is 32.2. The smallest absolute Gasteiger partial charge is 0.339 e. The van der Waals surface area contributed by atoms with Gasteiger partial charge in [-0.05, 0) is 51.0 Å². The van der Waals surface area contributed by atoms with E-state index in [9.17, 15) is 13.2 Å². The number of hydrogen-bond donors (Lipinski definition) is 0. The maximum Gasteiger partial charge on any atom is 0.339 e. The van der Waals surface area contributed by atoms with Crippen LogP contribution in [-0.4, -0.2) is 47.3 Å². The lowest BCUT2D eigenvalue weighted by molar-refractivity contribution is 0.0412. The third-order valence-electron chi connectivity index (χ3n) is 6.80. The first-order valence-corrected chi connectivity index (χ1v) is 13.0. The van der Waals surface area contributed by atoms with Crippen LogP contribution >= 0.6 is 0 Å². The molecule has 2 aromatic heterocycles. The fraction of sp³-hybridized carbons (Fsp3) is 0.682. The van der Waals surface area contributed by atoms with Crippen LogP contribution in [0.1, 0.15) is 85.1 Å². The van der Waals surface area contributed by atoms with E-state index in [2.05, 4.69) is 5.10 Å². The maximum atomic E-state index is 13.1. The van der Waals surface area contributed by atoms with Crippen LogP contribution < -0.4 is 0 Å². The van der Waals surface area contributed by atoms with E-state index < -0.39 is 9.84 Å². The average molecular weight is 432 g/mol. The quantitative estimate of drug-likeness (QED) is 0.670. The van der Waals surface area contributed by atoms with E-state index in [0.717, 1.165) is 31.4 Å². The Labute approximate surface area is 177 Å². The van der Waals surface area contributed by atoms with Gasteiger partial charge in [-0.2, -0.15) is 5.10 Å². The number of rotatable bonds is 5. The van der Waals surface area contributed by atoms with Gasteiger partial charge >= 0.3 is 5.97 Å². The van der Waals surface area contributed by atoms with Gasteiger partial charge in [0.1, 0.15) is 0 Å². The second kappa shape index (κ2) is 7.62. The lowest BCUT2D eigenvalue weighted by Crippen LogP contribution is -2.17. The van der Waals surface area contributed by atoms with Crippen LogP contribution in [0.5, 0.6) is 0 Å². The van der Waals surface area contributed by atoms with Crippen LogP contribution in [0.15, 0.2) is 6.07 Å². The van der Waals surface area contributed by atoms with Crippen LogP contribution in [0.2, 0.25) is 0 Å². The Morgan fingerprint density at radius 3 is 2.60 bits per heavy atom. The van der Waals surface area contributed by atoms with Gasteiger partial charge in [-0.1, -0.05) is 19.3 Å². The number of nitrogens with zero attached hydrogens (tertiary/aromatic N) is 3. The number of carbonyl (C=O) groups excluding carboxylic acids is 1. The summed E-state index contributed by atoms with van der Waals surface area (Å²) in [5.41, 5.74) is 2.76. The Kier molecular flexibility index (Phi) is 5.08. The number of sulfone groups is 1. The molecule has 162 valence electrons. The molecule has 2 aliphatic carbocycles. The van der Waals surface area contributed by atoms with Crippen molar-refractivity contribution in [1.82, 2.24) is 14.8 Å². The summed E-state index contributed by atoms with van der Waals surface area (Å²) in [6, 6.07) is 1.66. The van der Waals surface area contributed by atoms with Crippen molar-refractivity contribution in [2.45, 2.75) is 70.3 Å². The Morgan fingerprint density at radius 2 is 1.93 bits per heavy atom. The summed E-state index contributed by atoms with van der Waals surface area (Å²) in [5, 5.41) is 5.34. The average Bonchev–Trinajstić information content (AvgIpc) is 3.45. The zero-order valence-corrected chi connectivity index (χ0v) is 18.3. The molecule has 2 aromatic rings. The molecular weight excluding hydrogens is 402 g/mol. The van der Waals surface area contributed by atoms with Crippen molar-refractivity contribution < 1.29 is 17.9 Å². The lowest BCUT2D eigenvalue weighted by atomic mass is 9.90. The van der Waals surface area contributed by atoms with Gasteiger partial charge in [0.2, 0.25) is 0 Å². The number of hydrogen-bond acceptors (Lipinski definition) is 6. The highest BCUT2D eigenvalue weighted by Crippen LogP contribution is 2.41. The van der Waals surface area contributed by atoms with Gasteiger partial charge in [0.15, 0.2) is 15.5 Å². The Bertz CT molecular complexity index is 1080. The highest BCUT2D eigenvalue weighted by Gasteiger charge is 2.34. The predicted molar refractivity (Wildman–Crippen MR) is 113 cm³/mol. The lowest BCUT2D eigenvalue weighted by Gasteiger charge is -2.21. The maximum absolute atomic E-state index is 13.1. The molecule has 3 aliphatic rings. The number of ether oxygens (including phenoxy) is 1. The number of esters is 1. The van der Waals surface area contributed by atoms with Crippen molar-refractivity contribution >= 4 is 26.8 Å². The fourth-order valence-electron chi connectivity index (χ4n) is 4.93. The number of carbonyl (C=O) groups is 1. The number of aromatic nitrogens is 3. The van der Waals surface area contributed by atoms with Crippen LogP contribution in [-0.2, 0) is 14.6 Å². The molecule has 2 saturated carbocycles. The molecule has 0 spiro atoms. The molecule has 0 aromatic carbocycles.